The number of amidine groups is 1. The number of aliphatic hydroxyl groups is 1. The lowest BCUT2D eigenvalue weighted by molar-refractivity contribution is -0.781. The van der Waals surface area contributed by atoms with Crippen molar-refractivity contribution < 1.29 is 38.6 Å². The molecule has 39 heavy (non-hydrogen) atoms. The van der Waals surface area contributed by atoms with Gasteiger partial charge in [0.05, 0.1) is 31.8 Å². The van der Waals surface area contributed by atoms with Crippen LogP contribution in [0.15, 0.2) is 47.5 Å². The number of nitrogens with zero attached hydrogens (tertiary/aromatic N) is 3. The highest BCUT2D eigenvalue weighted by Crippen LogP contribution is 2.27. The second kappa shape index (κ2) is 10.6. The molecule has 0 saturated carbocycles. The number of carbonyl (C=O) groups is 4. The maximum atomic E-state index is 13.4. The summed E-state index contributed by atoms with van der Waals surface area (Å²) in [6, 6.07) is 11.3. The first-order valence-corrected chi connectivity index (χ1v) is 12.8. The van der Waals surface area contributed by atoms with Crippen molar-refractivity contribution >= 4 is 41.0 Å². The Kier molecular flexibility index (Phi) is 7.17. The molecule has 0 radical (unpaired) electrons. The van der Waals surface area contributed by atoms with Gasteiger partial charge in [0, 0.05) is 23.5 Å². The van der Waals surface area contributed by atoms with Gasteiger partial charge in [-0.1, -0.05) is 6.07 Å². The zero-order valence-electron chi connectivity index (χ0n) is 21.2. The monoisotopic (exact) mass is 536 g/mol. The summed E-state index contributed by atoms with van der Waals surface area (Å²) in [6.45, 7) is 0.989. The van der Waals surface area contributed by atoms with Crippen LogP contribution in [0.5, 0.6) is 0 Å². The summed E-state index contributed by atoms with van der Waals surface area (Å²) in [6.07, 6.45) is -2.32. The first-order valence-electron chi connectivity index (χ1n) is 12.8. The van der Waals surface area contributed by atoms with Crippen LogP contribution in [-0.2, 0) is 20.9 Å². The molecule has 0 bridgehead atoms. The van der Waals surface area contributed by atoms with Crippen LogP contribution in [-0.4, -0.2) is 82.8 Å². The molecule has 12 heteroatoms. The van der Waals surface area contributed by atoms with Crippen LogP contribution in [0.25, 0.3) is 0 Å². The second-order valence-corrected chi connectivity index (χ2v) is 9.90. The molecule has 3 aliphatic heterocycles. The Labute approximate surface area is 224 Å². The van der Waals surface area contributed by atoms with Gasteiger partial charge in [-0.05, 0) is 61.2 Å². The van der Waals surface area contributed by atoms with Crippen LogP contribution >= 0.6 is 0 Å². The van der Waals surface area contributed by atoms with E-state index in [0.717, 1.165) is 17.5 Å². The highest BCUT2D eigenvalue weighted by Gasteiger charge is 2.47. The molecule has 0 unspecified atom stereocenters. The number of hydrogen-bond donors (Lipinski definition) is 4. The number of anilines is 2. The number of morpholine rings is 1. The maximum absolute atomic E-state index is 13.4. The summed E-state index contributed by atoms with van der Waals surface area (Å²) in [5.74, 6) is -1.58. The van der Waals surface area contributed by atoms with Crippen molar-refractivity contribution in [3.63, 3.8) is 0 Å². The number of aliphatic hydroxyl groups excluding tert-OH is 1. The number of aliphatic imine (C=N–C) groups is 1. The Balaban J connectivity index is 1.31. The quantitative estimate of drug-likeness (QED) is 0.416. The standard InChI is InChI=1S/C27H29N5O7/c28-23-20-8-7-18(13-17(20)15-29-23)30-24(34)21(33)22-25(35)31(9-12-39-22)19-6-4-5-16(14-19)26(36)32(27(37)38)10-2-1-3-11-32/h4-8,13-14,21-22,33H,1-3,9-12,15H2,(H3-,28,29,30,34,37,38)/p+1/t21-,22-/m1/s1. The number of amides is 4. The lowest BCUT2D eigenvalue weighted by Crippen LogP contribution is -2.59. The van der Waals surface area contributed by atoms with Crippen LogP contribution in [0.4, 0.5) is 16.2 Å². The van der Waals surface area contributed by atoms with Crippen LogP contribution < -0.4 is 16.0 Å². The summed E-state index contributed by atoms with van der Waals surface area (Å²) < 4.78 is 4.81. The van der Waals surface area contributed by atoms with E-state index in [4.69, 9.17) is 10.5 Å². The minimum absolute atomic E-state index is 0.0451. The van der Waals surface area contributed by atoms with Crippen molar-refractivity contribution in [3.05, 3.63) is 59.2 Å². The van der Waals surface area contributed by atoms with Crippen LogP contribution in [0, 0.1) is 0 Å². The van der Waals surface area contributed by atoms with E-state index in [-0.39, 0.29) is 31.8 Å². The third kappa shape index (κ3) is 4.89. The molecule has 2 saturated heterocycles. The van der Waals surface area contributed by atoms with Gasteiger partial charge < -0.3 is 30.9 Å². The number of hydrogen-bond acceptors (Lipinski definition) is 8. The van der Waals surface area contributed by atoms with Gasteiger partial charge in [0.2, 0.25) is 0 Å². The average Bonchev–Trinajstić information content (AvgIpc) is 3.32. The van der Waals surface area contributed by atoms with Gasteiger partial charge in [0.15, 0.2) is 12.2 Å². The molecule has 3 heterocycles. The lowest BCUT2D eigenvalue weighted by atomic mass is 10.0. The molecule has 12 nitrogen and oxygen atoms in total. The van der Waals surface area contributed by atoms with E-state index < -0.39 is 40.5 Å². The maximum Gasteiger partial charge on any atom is 0.521 e. The molecular weight excluding hydrogens is 506 g/mol. The van der Waals surface area contributed by atoms with Crippen molar-refractivity contribution in [2.45, 2.75) is 38.0 Å². The van der Waals surface area contributed by atoms with Crippen molar-refractivity contribution in [1.82, 2.24) is 0 Å². The van der Waals surface area contributed by atoms with Gasteiger partial charge in [-0.15, -0.1) is 0 Å². The predicted octanol–water partition coefficient (Wildman–Crippen LogP) is 1.46. The van der Waals surface area contributed by atoms with E-state index >= 15 is 0 Å². The Bertz CT molecular complexity index is 1370. The Morgan fingerprint density at radius 3 is 2.64 bits per heavy atom. The van der Waals surface area contributed by atoms with Gasteiger partial charge in [0.25, 0.3) is 11.8 Å². The van der Waals surface area contributed by atoms with E-state index in [1.807, 2.05) is 0 Å². The molecule has 4 amide bonds. The van der Waals surface area contributed by atoms with E-state index in [1.54, 1.807) is 30.3 Å². The lowest BCUT2D eigenvalue weighted by Gasteiger charge is -2.35. The normalized spacial score (nSPS) is 21.1. The van der Waals surface area contributed by atoms with E-state index in [2.05, 4.69) is 10.3 Å². The Morgan fingerprint density at radius 1 is 1.13 bits per heavy atom. The van der Waals surface area contributed by atoms with Crippen molar-refractivity contribution in [2.24, 2.45) is 10.7 Å². The fraction of sp³-hybridized carbons (Fsp3) is 0.370. The number of rotatable bonds is 5. The molecule has 2 aromatic rings. The van der Waals surface area contributed by atoms with Crippen LogP contribution in [0.1, 0.15) is 40.7 Å². The van der Waals surface area contributed by atoms with E-state index in [0.29, 0.717) is 36.6 Å². The number of nitrogens with two attached hydrogens (primary N) is 1. The first-order chi connectivity index (χ1) is 18.7. The van der Waals surface area contributed by atoms with Crippen molar-refractivity contribution in [1.29, 1.82) is 0 Å². The minimum Gasteiger partial charge on any atom is -0.435 e. The zero-order chi connectivity index (χ0) is 27.7. The van der Waals surface area contributed by atoms with Crippen molar-refractivity contribution in [2.75, 3.05) is 36.5 Å². The molecule has 5 rings (SSSR count). The molecule has 5 N–H and O–H groups in total. The second-order valence-electron chi connectivity index (χ2n) is 9.90. The molecule has 2 fully saturated rings. The fourth-order valence-corrected chi connectivity index (χ4v) is 5.34. The number of imide groups is 1. The summed E-state index contributed by atoms with van der Waals surface area (Å²) in [7, 11) is 0. The number of nitrogens with one attached hydrogen (secondary N) is 1. The fourth-order valence-electron chi connectivity index (χ4n) is 5.34. The van der Waals surface area contributed by atoms with Gasteiger partial charge in [0.1, 0.15) is 5.84 Å². The largest absolute Gasteiger partial charge is 0.521 e. The zero-order valence-corrected chi connectivity index (χ0v) is 21.2. The predicted molar refractivity (Wildman–Crippen MR) is 140 cm³/mol. The highest BCUT2D eigenvalue weighted by molar-refractivity contribution is 6.05. The summed E-state index contributed by atoms with van der Waals surface area (Å²) in [5, 5.41) is 23.2. The number of carboxylic acid groups (broad SMARTS) is 1. The van der Waals surface area contributed by atoms with Crippen LogP contribution in [0.2, 0.25) is 0 Å². The molecule has 204 valence electrons. The SMILES string of the molecule is NC1=NCc2cc(NC(=O)[C@H](O)[C@H]3OCCN(c4cccc(C(=O)[N+]5(C(=O)O)CCCCC5)c4)C3=O)ccc21. The molecule has 2 atom stereocenters. The number of ether oxygens (including phenoxy) is 1. The van der Waals surface area contributed by atoms with Gasteiger partial charge in [-0.3, -0.25) is 14.6 Å². The summed E-state index contributed by atoms with van der Waals surface area (Å²) in [5.41, 5.74) is 8.38. The molecule has 0 aliphatic carbocycles. The smallest absolute Gasteiger partial charge is 0.435 e. The third-order valence-corrected chi connectivity index (χ3v) is 7.48. The van der Waals surface area contributed by atoms with Crippen molar-refractivity contribution in [3.8, 4) is 0 Å². The molecular formula is C27H30N5O7+. The first kappa shape index (κ1) is 26.5. The number of carbonyl (C=O) groups excluding carboxylic acids is 3. The Hall–Kier alpha value is -4.13. The number of likely N-dealkylation sites (tertiary alicyclic amines) is 1. The third-order valence-electron chi connectivity index (χ3n) is 7.48. The molecule has 2 aromatic carbocycles. The number of fused-ring (bicyclic) bond motifs is 1. The number of benzene rings is 2. The van der Waals surface area contributed by atoms with Gasteiger partial charge in [-0.25, -0.2) is 4.79 Å². The average molecular weight is 537 g/mol. The number of piperidine rings is 1. The molecule has 3 aliphatic rings. The molecule has 0 spiro atoms. The highest BCUT2D eigenvalue weighted by atomic mass is 16.5. The van der Waals surface area contributed by atoms with E-state index in [9.17, 15) is 29.4 Å². The molecule has 0 aromatic heterocycles. The van der Waals surface area contributed by atoms with Gasteiger partial charge in [-0.2, -0.15) is 9.28 Å². The Morgan fingerprint density at radius 2 is 1.90 bits per heavy atom. The minimum atomic E-state index is -1.80. The topological polar surface area (TPSA) is 172 Å². The van der Waals surface area contributed by atoms with E-state index in [1.165, 1.54) is 17.0 Å². The number of quaternary nitrogens is 1. The summed E-state index contributed by atoms with van der Waals surface area (Å²) in [4.78, 5) is 57.1. The summed E-state index contributed by atoms with van der Waals surface area (Å²) >= 11 is 0. The van der Waals surface area contributed by atoms with Crippen LogP contribution in [0.3, 0.4) is 0 Å². The van der Waals surface area contributed by atoms with Gasteiger partial charge >= 0.3 is 12.0 Å².